The van der Waals surface area contributed by atoms with Crippen LogP contribution in [0.2, 0.25) is 0 Å². The average Bonchev–Trinajstić information content (AvgIpc) is 2.14. The Balaban J connectivity index is 0.000000671. The number of hydrogen-bond donors (Lipinski definition) is 2. The second-order valence-corrected chi connectivity index (χ2v) is 2.35. The molecular weight excluding hydrogens is 164 g/mol. The number of rotatable bonds is 2. The summed E-state index contributed by atoms with van der Waals surface area (Å²) in [6.45, 7) is 5.95. The lowest BCUT2D eigenvalue weighted by atomic mass is 10.2. The molecule has 0 atom stereocenters. The maximum Gasteiger partial charge on any atom is 0.211 e. The lowest BCUT2D eigenvalue weighted by Crippen LogP contribution is -1.98. The zero-order chi connectivity index (χ0) is 10.3. The molecule has 0 aromatic heterocycles. The van der Waals surface area contributed by atoms with E-state index in [0.29, 0.717) is 17.8 Å². The number of carbonyl (C=O) groups is 1. The zero-order valence-electron chi connectivity index (χ0n) is 8.29. The molecule has 0 heterocycles. The number of benzene rings is 1. The number of amides is 1. The standard InChI is InChI=1S/C8H10N2O.C2H6/c1-6-2-3-8(10-5-11)7(9)4-6;1-2/h2-5H,9H2,1H3,(H,10,11);1-2H3. The van der Waals surface area contributed by atoms with Gasteiger partial charge in [0.05, 0.1) is 11.4 Å². The summed E-state index contributed by atoms with van der Waals surface area (Å²) < 4.78 is 0. The maximum absolute atomic E-state index is 10.0. The first-order chi connectivity index (χ1) is 6.24. The van der Waals surface area contributed by atoms with Crippen molar-refractivity contribution >= 4 is 17.8 Å². The molecule has 0 unspecified atom stereocenters. The van der Waals surface area contributed by atoms with Gasteiger partial charge in [-0.2, -0.15) is 0 Å². The first kappa shape index (κ1) is 11.5. The van der Waals surface area contributed by atoms with Gasteiger partial charge in [-0.15, -0.1) is 0 Å². The lowest BCUT2D eigenvalue weighted by molar-refractivity contribution is -0.105. The molecule has 72 valence electrons. The van der Waals surface area contributed by atoms with E-state index in [1.807, 2.05) is 32.9 Å². The highest BCUT2D eigenvalue weighted by atomic mass is 16.1. The smallest absolute Gasteiger partial charge is 0.211 e. The minimum atomic E-state index is 0.595. The topological polar surface area (TPSA) is 55.1 Å². The molecule has 1 amide bonds. The highest BCUT2D eigenvalue weighted by Crippen LogP contribution is 2.18. The number of nitrogen functional groups attached to an aromatic ring is 1. The van der Waals surface area contributed by atoms with Crippen LogP contribution in [0.15, 0.2) is 18.2 Å². The van der Waals surface area contributed by atoms with Gasteiger partial charge >= 0.3 is 0 Å². The molecule has 0 aliphatic heterocycles. The van der Waals surface area contributed by atoms with Crippen molar-refractivity contribution in [3.05, 3.63) is 23.8 Å². The summed E-state index contributed by atoms with van der Waals surface area (Å²) in [5.74, 6) is 0. The van der Waals surface area contributed by atoms with Crippen molar-refractivity contribution in [1.29, 1.82) is 0 Å². The minimum absolute atomic E-state index is 0.595. The van der Waals surface area contributed by atoms with Crippen LogP contribution in [0.3, 0.4) is 0 Å². The summed E-state index contributed by atoms with van der Waals surface area (Å²) in [5, 5.41) is 2.50. The van der Waals surface area contributed by atoms with Gasteiger partial charge in [0.25, 0.3) is 0 Å². The third-order valence-electron chi connectivity index (χ3n) is 1.42. The first-order valence-electron chi connectivity index (χ1n) is 4.30. The predicted molar refractivity (Wildman–Crippen MR) is 56.6 cm³/mol. The van der Waals surface area contributed by atoms with E-state index in [9.17, 15) is 4.79 Å². The van der Waals surface area contributed by atoms with Crippen LogP contribution in [-0.2, 0) is 4.79 Å². The Labute approximate surface area is 78.9 Å². The van der Waals surface area contributed by atoms with Crippen LogP contribution in [0.4, 0.5) is 11.4 Å². The van der Waals surface area contributed by atoms with E-state index in [2.05, 4.69) is 5.32 Å². The molecule has 1 rings (SSSR count). The van der Waals surface area contributed by atoms with Crippen LogP contribution < -0.4 is 11.1 Å². The molecule has 3 nitrogen and oxygen atoms in total. The molecule has 1 aromatic carbocycles. The van der Waals surface area contributed by atoms with Crippen LogP contribution in [0, 0.1) is 6.92 Å². The minimum Gasteiger partial charge on any atom is -0.397 e. The van der Waals surface area contributed by atoms with E-state index < -0.39 is 0 Å². The SMILES string of the molecule is CC.Cc1ccc(NC=O)c(N)c1. The molecule has 13 heavy (non-hydrogen) atoms. The Morgan fingerprint density at radius 3 is 2.46 bits per heavy atom. The fraction of sp³-hybridized carbons (Fsp3) is 0.300. The highest BCUT2D eigenvalue weighted by molar-refractivity contribution is 5.79. The number of anilines is 2. The molecule has 0 aliphatic rings. The van der Waals surface area contributed by atoms with Gasteiger partial charge in [0, 0.05) is 0 Å². The molecule has 0 spiro atoms. The third kappa shape index (κ3) is 3.60. The Kier molecular flexibility index (Phi) is 5.35. The van der Waals surface area contributed by atoms with Crippen molar-refractivity contribution in [2.24, 2.45) is 0 Å². The largest absolute Gasteiger partial charge is 0.397 e. The van der Waals surface area contributed by atoms with Gasteiger partial charge < -0.3 is 11.1 Å². The summed E-state index contributed by atoms with van der Waals surface area (Å²) >= 11 is 0. The molecule has 0 aliphatic carbocycles. The van der Waals surface area contributed by atoms with E-state index in [-0.39, 0.29) is 0 Å². The highest BCUT2D eigenvalue weighted by Gasteiger charge is 1.95. The average molecular weight is 180 g/mol. The van der Waals surface area contributed by atoms with Crippen molar-refractivity contribution in [3.8, 4) is 0 Å². The summed E-state index contributed by atoms with van der Waals surface area (Å²) in [4.78, 5) is 10.0. The van der Waals surface area contributed by atoms with E-state index in [4.69, 9.17) is 5.73 Å². The molecule has 3 N–H and O–H groups in total. The van der Waals surface area contributed by atoms with Crippen LogP contribution in [0.5, 0.6) is 0 Å². The summed E-state index contributed by atoms with van der Waals surface area (Å²) in [7, 11) is 0. The molecule has 0 radical (unpaired) electrons. The molecule has 0 bridgehead atoms. The van der Waals surface area contributed by atoms with Gasteiger partial charge in [-0.05, 0) is 24.6 Å². The quantitative estimate of drug-likeness (QED) is 0.541. The first-order valence-corrected chi connectivity index (χ1v) is 4.30. The van der Waals surface area contributed by atoms with Gasteiger partial charge in [-0.25, -0.2) is 0 Å². The van der Waals surface area contributed by atoms with Crippen molar-refractivity contribution in [2.75, 3.05) is 11.1 Å². The number of aryl methyl sites for hydroxylation is 1. The second-order valence-electron chi connectivity index (χ2n) is 2.35. The second kappa shape index (κ2) is 6.06. The van der Waals surface area contributed by atoms with Gasteiger partial charge in [0.15, 0.2) is 0 Å². The van der Waals surface area contributed by atoms with E-state index in [1.54, 1.807) is 6.07 Å². The number of hydrogen-bond acceptors (Lipinski definition) is 2. The Bertz CT molecular complexity index is 272. The van der Waals surface area contributed by atoms with E-state index in [0.717, 1.165) is 5.56 Å². The predicted octanol–water partition coefficient (Wildman–Crippen LogP) is 2.17. The fourth-order valence-corrected chi connectivity index (χ4v) is 0.877. The fourth-order valence-electron chi connectivity index (χ4n) is 0.877. The Morgan fingerprint density at radius 2 is 2.00 bits per heavy atom. The van der Waals surface area contributed by atoms with Crippen LogP contribution in [-0.4, -0.2) is 6.41 Å². The summed E-state index contributed by atoms with van der Waals surface area (Å²) in [6.07, 6.45) is 0.612. The number of nitrogens with one attached hydrogen (secondary N) is 1. The molecule has 0 fully saturated rings. The summed E-state index contributed by atoms with van der Waals surface area (Å²) in [6, 6.07) is 5.48. The van der Waals surface area contributed by atoms with Crippen molar-refractivity contribution in [2.45, 2.75) is 20.8 Å². The van der Waals surface area contributed by atoms with Gasteiger partial charge in [-0.3, -0.25) is 4.79 Å². The van der Waals surface area contributed by atoms with Gasteiger partial charge in [0.2, 0.25) is 6.41 Å². The van der Waals surface area contributed by atoms with Crippen molar-refractivity contribution in [3.63, 3.8) is 0 Å². The molecule has 0 saturated heterocycles. The Morgan fingerprint density at radius 1 is 1.38 bits per heavy atom. The normalized spacial score (nSPS) is 8.23. The van der Waals surface area contributed by atoms with Crippen LogP contribution in [0.1, 0.15) is 19.4 Å². The molecule has 3 heteroatoms. The van der Waals surface area contributed by atoms with E-state index >= 15 is 0 Å². The lowest BCUT2D eigenvalue weighted by Gasteiger charge is -2.03. The van der Waals surface area contributed by atoms with Crippen LogP contribution >= 0.6 is 0 Å². The summed E-state index contributed by atoms with van der Waals surface area (Å²) in [5.41, 5.74) is 7.92. The number of nitrogens with two attached hydrogens (primary N) is 1. The zero-order valence-corrected chi connectivity index (χ0v) is 8.29. The van der Waals surface area contributed by atoms with Crippen molar-refractivity contribution < 1.29 is 4.79 Å². The molecule has 0 saturated carbocycles. The molecule has 1 aromatic rings. The molecular formula is C10H16N2O. The third-order valence-corrected chi connectivity index (χ3v) is 1.42. The monoisotopic (exact) mass is 180 g/mol. The van der Waals surface area contributed by atoms with Crippen molar-refractivity contribution in [1.82, 2.24) is 0 Å². The Hall–Kier alpha value is -1.51. The van der Waals surface area contributed by atoms with Gasteiger partial charge in [0.1, 0.15) is 0 Å². The van der Waals surface area contributed by atoms with E-state index in [1.165, 1.54) is 0 Å². The van der Waals surface area contributed by atoms with Crippen LogP contribution in [0.25, 0.3) is 0 Å². The number of carbonyl (C=O) groups excluding carboxylic acids is 1. The van der Waals surface area contributed by atoms with Gasteiger partial charge in [-0.1, -0.05) is 19.9 Å². The maximum atomic E-state index is 10.0.